The van der Waals surface area contributed by atoms with Crippen LogP contribution in [0.2, 0.25) is 0 Å². The molecular weight excluding hydrogens is 452 g/mol. The second kappa shape index (κ2) is 10.2. The Morgan fingerprint density at radius 2 is 1.75 bits per heavy atom. The molecule has 1 aromatic heterocycles. The van der Waals surface area contributed by atoms with Crippen LogP contribution in [0.1, 0.15) is 32.4 Å². The Bertz CT molecular complexity index is 1200. The Morgan fingerprint density at radius 1 is 1.03 bits per heavy atom. The predicted octanol–water partition coefficient (Wildman–Crippen LogP) is 2.41. The average Bonchev–Trinajstić information content (AvgIpc) is 3.25. The molecule has 3 rings (SSSR count). The Balaban J connectivity index is 1.64. The van der Waals surface area contributed by atoms with Gasteiger partial charge in [-0.25, -0.2) is 8.42 Å². The van der Waals surface area contributed by atoms with E-state index in [0.29, 0.717) is 5.52 Å². The highest BCUT2D eigenvalue weighted by molar-refractivity contribution is 7.89. The SMILES string of the molecule is CC(NC(=O)COC(=O)C(NS(=O)(=O)c1cccc2nsnc12)C(C)C)c1ccccc1. The molecule has 32 heavy (non-hydrogen) atoms. The normalized spacial score (nSPS) is 13.6. The van der Waals surface area contributed by atoms with Crippen molar-refractivity contribution in [1.29, 1.82) is 0 Å². The fraction of sp³-hybridized carbons (Fsp3) is 0.333. The Hall–Kier alpha value is -2.89. The number of carbonyl (C=O) groups excluding carboxylic acids is 2. The van der Waals surface area contributed by atoms with E-state index in [-0.39, 0.29) is 16.5 Å². The molecule has 0 aliphatic carbocycles. The number of ether oxygens (including phenoxy) is 1. The molecule has 0 spiro atoms. The van der Waals surface area contributed by atoms with E-state index in [1.165, 1.54) is 6.07 Å². The summed E-state index contributed by atoms with van der Waals surface area (Å²) in [4.78, 5) is 24.7. The van der Waals surface area contributed by atoms with Crippen molar-refractivity contribution in [3.05, 3.63) is 54.1 Å². The van der Waals surface area contributed by atoms with Gasteiger partial charge in [0.15, 0.2) is 6.61 Å². The van der Waals surface area contributed by atoms with Crippen molar-refractivity contribution >= 4 is 44.7 Å². The minimum absolute atomic E-state index is 0.0726. The van der Waals surface area contributed by atoms with Gasteiger partial charge in [0.2, 0.25) is 10.0 Å². The van der Waals surface area contributed by atoms with Gasteiger partial charge in [-0.1, -0.05) is 50.2 Å². The van der Waals surface area contributed by atoms with Crippen molar-refractivity contribution in [2.45, 2.75) is 37.8 Å². The summed E-state index contributed by atoms with van der Waals surface area (Å²) in [7, 11) is -4.09. The van der Waals surface area contributed by atoms with Gasteiger partial charge in [0.05, 0.1) is 17.8 Å². The summed E-state index contributed by atoms with van der Waals surface area (Å²) in [6.07, 6.45) is 0. The Morgan fingerprint density at radius 3 is 2.44 bits per heavy atom. The van der Waals surface area contributed by atoms with E-state index in [1.807, 2.05) is 37.3 Å². The molecule has 3 aromatic rings. The van der Waals surface area contributed by atoms with E-state index in [4.69, 9.17) is 4.74 Å². The van der Waals surface area contributed by atoms with E-state index in [1.54, 1.807) is 26.0 Å². The first-order valence-electron chi connectivity index (χ1n) is 9.93. The molecule has 0 saturated carbocycles. The molecule has 2 N–H and O–H groups in total. The first-order chi connectivity index (χ1) is 15.2. The van der Waals surface area contributed by atoms with Crippen LogP contribution in [0.15, 0.2) is 53.4 Å². The second-order valence-corrected chi connectivity index (χ2v) is 9.75. The van der Waals surface area contributed by atoms with Crippen molar-refractivity contribution < 1.29 is 22.7 Å². The van der Waals surface area contributed by atoms with Crippen molar-refractivity contribution in [1.82, 2.24) is 18.8 Å². The molecule has 0 saturated heterocycles. The number of rotatable bonds is 9. The highest BCUT2D eigenvalue weighted by Crippen LogP contribution is 2.22. The molecule has 9 nitrogen and oxygen atoms in total. The number of hydrogen-bond acceptors (Lipinski definition) is 8. The zero-order chi connectivity index (χ0) is 23.3. The lowest BCUT2D eigenvalue weighted by Crippen LogP contribution is -2.46. The van der Waals surface area contributed by atoms with Crippen molar-refractivity contribution in [2.75, 3.05) is 6.61 Å². The number of amides is 1. The van der Waals surface area contributed by atoms with Crippen LogP contribution in [0.3, 0.4) is 0 Å². The fourth-order valence-corrected chi connectivity index (χ4v) is 5.12. The van der Waals surface area contributed by atoms with E-state index in [9.17, 15) is 18.0 Å². The third-order valence-electron chi connectivity index (χ3n) is 4.76. The zero-order valence-electron chi connectivity index (χ0n) is 17.8. The van der Waals surface area contributed by atoms with Crippen molar-refractivity contribution in [3.8, 4) is 0 Å². The molecule has 11 heteroatoms. The Labute approximate surface area is 190 Å². The maximum absolute atomic E-state index is 12.9. The predicted molar refractivity (Wildman–Crippen MR) is 120 cm³/mol. The van der Waals surface area contributed by atoms with Crippen LogP contribution in [0, 0.1) is 5.92 Å². The minimum Gasteiger partial charge on any atom is -0.454 e. The monoisotopic (exact) mass is 476 g/mol. The number of hydrogen-bond donors (Lipinski definition) is 2. The number of aromatic nitrogens is 2. The largest absolute Gasteiger partial charge is 0.454 e. The zero-order valence-corrected chi connectivity index (χ0v) is 19.4. The maximum Gasteiger partial charge on any atom is 0.324 e. The van der Waals surface area contributed by atoms with E-state index in [0.717, 1.165) is 17.3 Å². The summed E-state index contributed by atoms with van der Waals surface area (Å²) in [5.41, 5.74) is 1.59. The molecule has 0 radical (unpaired) electrons. The molecular formula is C21H24N4O5S2. The molecule has 1 heterocycles. The van der Waals surface area contributed by atoms with Gasteiger partial charge in [0.1, 0.15) is 22.0 Å². The summed E-state index contributed by atoms with van der Waals surface area (Å²) >= 11 is 0.901. The molecule has 1 amide bonds. The molecule has 2 unspecified atom stereocenters. The number of esters is 1. The van der Waals surface area contributed by atoms with Gasteiger partial charge in [-0.2, -0.15) is 13.5 Å². The van der Waals surface area contributed by atoms with Crippen LogP contribution < -0.4 is 10.0 Å². The molecule has 2 aromatic carbocycles. The van der Waals surface area contributed by atoms with Crippen molar-refractivity contribution in [3.63, 3.8) is 0 Å². The third kappa shape index (κ3) is 5.67. The van der Waals surface area contributed by atoms with Gasteiger partial charge in [-0.3, -0.25) is 9.59 Å². The molecule has 0 fully saturated rings. The molecule has 170 valence electrons. The standard InChI is InChI=1S/C21H24N4O5S2/c1-13(2)19(25-32(28,29)17-11-7-10-16-20(17)24-31-23-16)21(27)30-12-18(26)22-14(3)15-8-5-4-6-9-15/h4-11,13-14,19,25H,12H2,1-3H3,(H,22,26). The lowest BCUT2D eigenvalue weighted by Gasteiger charge is -2.21. The molecule has 2 atom stereocenters. The first-order valence-corrected chi connectivity index (χ1v) is 12.1. The maximum atomic E-state index is 12.9. The number of nitrogens with zero attached hydrogens (tertiary/aromatic N) is 2. The Kier molecular flexibility index (Phi) is 7.54. The minimum atomic E-state index is -4.09. The van der Waals surface area contributed by atoms with Crippen LogP contribution in [0.25, 0.3) is 11.0 Å². The number of carbonyl (C=O) groups is 2. The quantitative estimate of drug-likeness (QED) is 0.454. The van der Waals surface area contributed by atoms with Crippen LogP contribution in [-0.2, 0) is 24.3 Å². The average molecular weight is 477 g/mol. The number of sulfonamides is 1. The lowest BCUT2D eigenvalue weighted by atomic mass is 10.1. The second-order valence-electron chi connectivity index (χ2n) is 7.54. The van der Waals surface area contributed by atoms with Gasteiger partial charge in [-0.15, -0.1) is 0 Å². The number of nitrogens with one attached hydrogen (secondary N) is 2. The summed E-state index contributed by atoms with van der Waals surface area (Å²) in [5, 5.41) is 2.74. The van der Waals surface area contributed by atoms with E-state index in [2.05, 4.69) is 18.8 Å². The van der Waals surface area contributed by atoms with E-state index < -0.39 is 40.5 Å². The summed E-state index contributed by atoms with van der Waals surface area (Å²) < 4.78 is 41.5. The third-order valence-corrected chi connectivity index (χ3v) is 6.78. The van der Waals surface area contributed by atoms with Crippen LogP contribution in [-0.4, -0.2) is 41.7 Å². The molecule has 0 aliphatic rings. The lowest BCUT2D eigenvalue weighted by molar-refractivity contribution is -0.151. The van der Waals surface area contributed by atoms with Gasteiger partial charge in [0.25, 0.3) is 5.91 Å². The van der Waals surface area contributed by atoms with Crippen molar-refractivity contribution in [2.24, 2.45) is 5.92 Å². The van der Waals surface area contributed by atoms with Crippen LogP contribution >= 0.6 is 11.7 Å². The first kappa shape index (κ1) is 23.8. The van der Waals surface area contributed by atoms with Crippen LogP contribution in [0.4, 0.5) is 0 Å². The van der Waals surface area contributed by atoms with Crippen LogP contribution in [0.5, 0.6) is 0 Å². The van der Waals surface area contributed by atoms with E-state index >= 15 is 0 Å². The van der Waals surface area contributed by atoms with Gasteiger partial charge < -0.3 is 10.1 Å². The fourth-order valence-electron chi connectivity index (χ4n) is 3.02. The van der Waals surface area contributed by atoms with Gasteiger partial charge in [-0.05, 0) is 30.5 Å². The highest BCUT2D eigenvalue weighted by atomic mass is 32.2. The molecule has 0 aliphatic heterocycles. The van der Waals surface area contributed by atoms with Gasteiger partial charge in [0, 0.05) is 0 Å². The smallest absolute Gasteiger partial charge is 0.324 e. The van der Waals surface area contributed by atoms with Gasteiger partial charge >= 0.3 is 5.97 Å². The summed E-state index contributed by atoms with van der Waals surface area (Å²) in [6, 6.07) is 12.5. The summed E-state index contributed by atoms with van der Waals surface area (Å²) in [5.74, 6) is -1.75. The summed E-state index contributed by atoms with van der Waals surface area (Å²) in [6.45, 7) is 4.65. The number of benzene rings is 2. The molecule has 0 bridgehead atoms. The topological polar surface area (TPSA) is 127 Å². The highest BCUT2D eigenvalue weighted by Gasteiger charge is 2.31. The number of fused-ring (bicyclic) bond motifs is 1.